The molecule has 0 atom stereocenters. The highest BCUT2D eigenvalue weighted by atomic mass is 16.5. The Bertz CT molecular complexity index is 676. The monoisotopic (exact) mass is 287 g/mol. The highest BCUT2D eigenvalue weighted by Crippen LogP contribution is 2.32. The van der Waals surface area contributed by atoms with Crippen molar-refractivity contribution in [3.8, 4) is 5.75 Å². The summed E-state index contributed by atoms with van der Waals surface area (Å²) in [5.74, 6) is 1.07. The molecule has 5 heteroatoms. The lowest BCUT2D eigenvalue weighted by Gasteiger charge is -2.06. The minimum atomic E-state index is 0.0954. The van der Waals surface area contributed by atoms with Crippen LogP contribution in [-0.4, -0.2) is 28.7 Å². The number of amides is 1. The fraction of sp³-hybridized carbons (Fsp3) is 0.500. The number of hydrogen-bond donors (Lipinski definition) is 1. The average molecular weight is 287 g/mol. The van der Waals surface area contributed by atoms with Gasteiger partial charge in [0.15, 0.2) is 0 Å². The van der Waals surface area contributed by atoms with E-state index in [0.29, 0.717) is 13.0 Å². The van der Waals surface area contributed by atoms with Crippen LogP contribution < -0.4 is 10.1 Å². The number of nitrogens with zero attached hydrogens (tertiary/aromatic N) is 2. The van der Waals surface area contributed by atoms with E-state index in [1.807, 2.05) is 23.7 Å². The second-order valence-corrected chi connectivity index (χ2v) is 5.28. The van der Waals surface area contributed by atoms with Crippen molar-refractivity contribution in [1.82, 2.24) is 14.9 Å². The van der Waals surface area contributed by atoms with Crippen LogP contribution in [0.2, 0.25) is 0 Å². The molecule has 21 heavy (non-hydrogen) atoms. The molecule has 0 saturated heterocycles. The molecule has 2 aromatic rings. The van der Waals surface area contributed by atoms with Gasteiger partial charge in [-0.25, -0.2) is 4.52 Å². The van der Waals surface area contributed by atoms with Crippen molar-refractivity contribution < 1.29 is 9.53 Å². The van der Waals surface area contributed by atoms with Gasteiger partial charge in [-0.3, -0.25) is 4.79 Å². The minimum Gasteiger partial charge on any atom is -0.493 e. The molecule has 112 valence electrons. The summed E-state index contributed by atoms with van der Waals surface area (Å²) in [7, 11) is 0. The highest BCUT2D eigenvalue weighted by Gasteiger charge is 2.21. The largest absolute Gasteiger partial charge is 0.493 e. The third-order valence-corrected chi connectivity index (χ3v) is 4.00. The lowest BCUT2D eigenvalue weighted by Crippen LogP contribution is -2.24. The van der Waals surface area contributed by atoms with Gasteiger partial charge in [0, 0.05) is 36.7 Å². The van der Waals surface area contributed by atoms with E-state index in [4.69, 9.17) is 4.74 Å². The van der Waals surface area contributed by atoms with Gasteiger partial charge in [0.05, 0.1) is 17.8 Å². The van der Waals surface area contributed by atoms with E-state index in [-0.39, 0.29) is 5.91 Å². The zero-order valence-electron chi connectivity index (χ0n) is 12.6. The summed E-state index contributed by atoms with van der Waals surface area (Å²) in [6.07, 6.45) is 5.14. The molecule has 1 aliphatic heterocycles. The van der Waals surface area contributed by atoms with Crippen molar-refractivity contribution >= 4 is 11.4 Å². The van der Waals surface area contributed by atoms with Crippen LogP contribution in [0, 0.1) is 0 Å². The SMILES string of the molecule is CCC(=O)NCCc1c(CC)nn2ccc3c(c12)CCO3. The number of aryl methyl sites for hydroxylation is 1. The first-order valence-electron chi connectivity index (χ1n) is 7.66. The molecular formula is C16H21N3O2. The second kappa shape index (κ2) is 5.76. The topological polar surface area (TPSA) is 55.6 Å². The zero-order valence-corrected chi connectivity index (χ0v) is 12.6. The average Bonchev–Trinajstić information content (AvgIpc) is 3.10. The van der Waals surface area contributed by atoms with Gasteiger partial charge < -0.3 is 10.1 Å². The Morgan fingerprint density at radius 1 is 1.48 bits per heavy atom. The number of nitrogens with one attached hydrogen (secondary N) is 1. The van der Waals surface area contributed by atoms with E-state index in [1.54, 1.807) is 0 Å². The third kappa shape index (κ3) is 2.48. The first-order chi connectivity index (χ1) is 10.2. The van der Waals surface area contributed by atoms with Crippen molar-refractivity contribution in [2.45, 2.75) is 39.5 Å². The van der Waals surface area contributed by atoms with E-state index in [9.17, 15) is 4.79 Å². The Morgan fingerprint density at radius 3 is 3.10 bits per heavy atom. The maximum atomic E-state index is 11.4. The highest BCUT2D eigenvalue weighted by molar-refractivity contribution is 5.75. The van der Waals surface area contributed by atoms with Crippen molar-refractivity contribution in [3.05, 3.63) is 29.1 Å². The molecule has 0 unspecified atom stereocenters. The molecule has 0 aromatic carbocycles. The molecule has 2 aromatic heterocycles. The van der Waals surface area contributed by atoms with Gasteiger partial charge in [-0.05, 0) is 18.9 Å². The van der Waals surface area contributed by atoms with Gasteiger partial charge in [0.25, 0.3) is 0 Å². The molecule has 0 spiro atoms. The Hall–Kier alpha value is -2.04. The van der Waals surface area contributed by atoms with Gasteiger partial charge in [-0.1, -0.05) is 13.8 Å². The van der Waals surface area contributed by atoms with E-state index in [1.165, 1.54) is 16.6 Å². The van der Waals surface area contributed by atoms with E-state index in [0.717, 1.165) is 37.3 Å². The van der Waals surface area contributed by atoms with Crippen LogP contribution >= 0.6 is 0 Å². The van der Waals surface area contributed by atoms with Gasteiger partial charge in [-0.2, -0.15) is 5.10 Å². The summed E-state index contributed by atoms with van der Waals surface area (Å²) in [6, 6.07) is 1.99. The quantitative estimate of drug-likeness (QED) is 0.914. The Kier molecular flexibility index (Phi) is 3.82. The molecule has 0 fully saturated rings. The van der Waals surface area contributed by atoms with Gasteiger partial charge in [-0.15, -0.1) is 0 Å². The van der Waals surface area contributed by atoms with Crippen LogP contribution in [0.25, 0.3) is 5.52 Å². The molecule has 0 aliphatic carbocycles. The molecular weight excluding hydrogens is 266 g/mol. The molecule has 1 N–H and O–H groups in total. The number of hydrogen-bond acceptors (Lipinski definition) is 3. The third-order valence-electron chi connectivity index (χ3n) is 4.00. The molecule has 1 amide bonds. The molecule has 3 rings (SSSR count). The summed E-state index contributed by atoms with van der Waals surface area (Å²) >= 11 is 0. The van der Waals surface area contributed by atoms with Crippen LogP contribution in [0.5, 0.6) is 5.75 Å². The normalized spacial score (nSPS) is 13.2. The fourth-order valence-corrected chi connectivity index (χ4v) is 2.94. The zero-order chi connectivity index (χ0) is 14.8. The molecule has 0 bridgehead atoms. The Labute approximate surface area is 124 Å². The first kappa shape index (κ1) is 13.9. The smallest absolute Gasteiger partial charge is 0.219 e. The minimum absolute atomic E-state index is 0.0954. The molecule has 0 saturated carbocycles. The number of fused-ring (bicyclic) bond motifs is 3. The van der Waals surface area contributed by atoms with Gasteiger partial charge >= 0.3 is 0 Å². The van der Waals surface area contributed by atoms with Crippen LogP contribution in [-0.2, 0) is 24.1 Å². The molecule has 1 aliphatic rings. The summed E-state index contributed by atoms with van der Waals surface area (Å²) in [4.78, 5) is 11.4. The van der Waals surface area contributed by atoms with E-state index < -0.39 is 0 Å². The van der Waals surface area contributed by atoms with Crippen molar-refractivity contribution in [3.63, 3.8) is 0 Å². The maximum absolute atomic E-state index is 11.4. The lowest BCUT2D eigenvalue weighted by molar-refractivity contribution is -0.120. The van der Waals surface area contributed by atoms with Crippen LogP contribution in [0.3, 0.4) is 0 Å². The van der Waals surface area contributed by atoms with Gasteiger partial charge in [0.1, 0.15) is 5.75 Å². The Morgan fingerprint density at radius 2 is 2.33 bits per heavy atom. The number of aromatic nitrogens is 2. The predicted molar refractivity (Wildman–Crippen MR) is 80.8 cm³/mol. The van der Waals surface area contributed by atoms with Crippen LogP contribution in [0.15, 0.2) is 12.3 Å². The first-order valence-corrected chi connectivity index (χ1v) is 7.66. The van der Waals surface area contributed by atoms with Crippen LogP contribution in [0.1, 0.15) is 37.1 Å². The van der Waals surface area contributed by atoms with Crippen molar-refractivity contribution in [1.29, 1.82) is 0 Å². The van der Waals surface area contributed by atoms with E-state index >= 15 is 0 Å². The lowest BCUT2D eigenvalue weighted by atomic mass is 10.0. The number of ether oxygens (including phenoxy) is 1. The predicted octanol–water partition coefficient (Wildman–Crippen LogP) is 1.90. The number of pyridine rings is 1. The number of carbonyl (C=O) groups excluding carboxylic acids is 1. The van der Waals surface area contributed by atoms with Crippen LogP contribution in [0.4, 0.5) is 0 Å². The Balaban J connectivity index is 1.95. The van der Waals surface area contributed by atoms with Crippen molar-refractivity contribution in [2.75, 3.05) is 13.2 Å². The summed E-state index contributed by atoms with van der Waals surface area (Å²) in [5.41, 5.74) is 4.78. The summed E-state index contributed by atoms with van der Waals surface area (Å²) in [6.45, 7) is 5.39. The van der Waals surface area contributed by atoms with Crippen molar-refractivity contribution in [2.24, 2.45) is 0 Å². The second-order valence-electron chi connectivity index (χ2n) is 5.28. The van der Waals surface area contributed by atoms with Gasteiger partial charge in [0.2, 0.25) is 5.91 Å². The standard InChI is InChI=1S/C16H21N3O2/c1-3-13-11(5-8-17-15(20)4-2)16-12-7-10-21-14(12)6-9-19(16)18-13/h6,9H,3-5,7-8,10H2,1-2H3,(H,17,20). The molecule has 0 radical (unpaired) electrons. The number of rotatable bonds is 5. The summed E-state index contributed by atoms with van der Waals surface area (Å²) < 4.78 is 7.62. The molecule has 3 heterocycles. The van der Waals surface area contributed by atoms with E-state index in [2.05, 4.69) is 17.3 Å². The number of carbonyl (C=O) groups is 1. The fourth-order valence-electron chi connectivity index (χ4n) is 2.94. The maximum Gasteiger partial charge on any atom is 0.219 e. The molecule has 5 nitrogen and oxygen atoms in total. The summed E-state index contributed by atoms with van der Waals surface area (Å²) in [5, 5.41) is 7.62.